The number of nitrogens with zero attached hydrogens (tertiary/aromatic N) is 1. The molecule has 0 bridgehead atoms. The molecule has 114 valence electrons. The molecule has 0 saturated heterocycles. The molecule has 1 aliphatic carbocycles. The van der Waals surface area contributed by atoms with Crippen molar-refractivity contribution in [2.24, 2.45) is 5.92 Å². The second-order valence-corrected chi connectivity index (χ2v) is 7.59. The normalized spacial score (nSPS) is 26.6. The van der Waals surface area contributed by atoms with Gasteiger partial charge in [0.2, 0.25) is 0 Å². The Morgan fingerprint density at radius 2 is 1.76 bits per heavy atom. The molecule has 1 heterocycles. The van der Waals surface area contributed by atoms with E-state index in [4.69, 9.17) is 0 Å². The van der Waals surface area contributed by atoms with Crippen LogP contribution in [0.5, 0.6) is 0 Å². The van der Waals surface area contributed by atoms with Gasteiger partial charge in [-0.15, -0.1) is 0 Å². The Morgan fingerprint density at radius 1 is 1.05 bits per heavy atom. The molecular weight excluding hydrogens is 258 g/mol. The monoisotopic (exact) mass is 285 g/mol. The van der Waals surface area contributed by atoms with E-state index in [1.165, 1.54) is 24.1 Å². The summed E-state index contributed by atoms with van der Waals surface area (Å²) in [5.41, 5.74) is 2.74. The summed E-state index contributed by atoms with van der Waals surface area (Å²) < 4.78 is 0. The van der Waals surface area contributed by atoms with E-state index in [1.54, 1.807) is 0 Å². The number of anilines is 1. The molecule has 0 amide bonds. The Balaban J connectivity index is 2.11. The number of benzene rings is 1. The van der Waals surface area contributed by atoms with Crippen LogP contribution in [0.25, 0.3) is 0 Å². The molecule has 3 rings (SSSR count). The van der Waals surface area contributed by atoms with Crippen molar-refractivity contribution in [1.29, 1.82) is 0 Å². The summed E-state index contributed by atoms with van der Waals surface area (Å²) >= 11 is 0. The highest BCUT2D eigenvalue weighted by molar-refractivity contribution is 5.84. The zero-order chi connectivity index (χ0) is 15.0. The van der Waals surface area contributed by atoms with Gasteiger partial charge in [-0.05, 0) is 51.7 Å². The van der Waals surface area contributed by atoms with Crippen molar-refractivity contribution in [2.75, 3.05) is 4.90 Å². The summed E-state index contributed by atoms with van der Waals surface area (Å²) in [7, 11) is 0. The Hall–Kier alpha value is -1.31. The van der Waals surface area contributed by atoms with E-state index in [9.17, 15) is 4.79 Å². The number of carbonyl (C=O) groups excluding carboxylic acids is 1. The fraction of sp³-hybridized carbons (Fsp3) is 0.632. The van der Waals surface area contributed by atoms with Crippen molar-refractivity contribution in [3.8, 4) is 0 Å². The minimum atomic E-state index is 0.0496. The highest BCUT2D eigenvalue weighted by atomic mass is 16.1. The molecule has 2 atom stereocenters. The van der Waals surface area contributed by atoms with E-state index < -0.39 is 0 Å². The molecule has 1 saturated carbocycles. The quantitative estimate of drug-likeness (QED) is 0.705. The van der Waals surface area contributed by atoms with Crippen molar-refractivity contribution in [2.45, 2.75) is 70.9 Å². The molecule has 2 unspecified atom stereocenters. The van der Waals surface area contributed by atoms with Crippen molar-refractivity contribution in [3.05, 3.63) is 29.8 Å². The van der Waals surface area contributed by atoms with Gasteiger partial charge < -0.3 is 4.90 Å². The fourth-order valence-electron chi connectivity index (χ4n) is 4.23. The Labute approximate surface area is 128 Å². The molecule has 2 heteroatoms. The zero-order valence-corrected chi connectivity index (χ0v) is 13.6. The highest BCUT2D eigenvalue weighted by Gasteiger charge is 2.40. The third-order valence-electron chi connectivity index (χ3n) is 5.09. The van der Waals surface area contributed by atoms with Gasteiger partial charge in [0.05, 0.1) is 0 Å². The minimum absolute atomic E-state index is 0.0496. The van der Waals surface area contributed by atoms with E-state index in [0.29, 0.717) is 11.8 Å². The number of fused-ring (bicyclic) bond motifs is 2. The van der Waals surface area contributed by atoms with Gasteiger partial charge in [-0.1, -0.05) is 31.0 Å². The summed E-state index contributed by atoms with van der Waals surface area (Å²) in [6, 6.07) is 9.07. The van der Waals surface area contributed by atoms with Gasteiger partial charge >= 0.3 is 0 Å². The van der Waals surface area contributed by atoms with Crippen LogP contribution in [0.1, 0.15) is 58.4 Å². The third-order valence-corrected chi connectivity index (χ3v) is 5.09. The first-order chi connectivity index (χ1) is 9.98. The number of hydrogen-bond acceptors (Lipinski definition) is 2. The highest BCUT2D eigenvalue weighted by Crippen LogP contribution is 2.40. The Morgan fingerprint density at radius 3 is 2.52 bits per heavy atom. The number of carbonyl (C=O) groups is 1. The van der Waals surface area contributed by atoms with E-state index in [2.05, 4.69) is 49.9 Å². The minimum Gasteiger partial charge on any atom is -0.363 e. The lowest BCUT2D eigenvalue weighted by Gasteiger charge is -2.49. The largest absolute Gasteiger partial charge is 0.363 e. The first-order valence-electron chi connectivity index (χ1n) is 8.38. The Kier molecular flexibility index (Phi) is 3.81. The molecule has 2 nitrogen and oxygen atoms in total. The van der Waals surface area contributed by atoms with Crippen LogP contribution < -0.4 is 4.90 Å². The average Bonchev–Trinajstić information content (AvgIpc) is 2.43. The summed E-state index contributed by atoms with van der Waals surface area (Å²) in [4.78, 5) is 15.2. The maximum absolute atomic E-state index is 12.7. The molecule has 21 heavy (non-hydrogen) atoms. The van der Waals surface area contributed by atoms with Crippen molar-refractivity contribution in [3.63, 3.8) is 0 Å². The van der Waals surface area contributed by atoms with Crippen LogP contribution in [0.15, 0.2) is 24.3 Å². The van der Waals surface area contributed by atoms with E-state index in [1.807, 2.05) is 0 Å². The number of Topliss-reactive ketones (excluding diaryl/α,β-unsaturated/α-hetero) is 1. The standard InChI is InChI=1S/C19H27NO/c1-19(2,3)20-16-10-6-4-8-14(16)12-13-18(21)15-9-5-7-11-17(15)20/h4,6,8,10,15,17H,5,7,9,11-13H2,1-3H3. The number of aryl methyl sites for hydroxylation is 1. The molecule has 1 aromatic rings. The zero-order valence-electron chi connectivity index (χ0n) is 13.6. The van der Waals surface area contributed by atoms with Crippen LogP contribution in [0.2, 0.25) is 0 Å². The predicted molar refractivity (Wildman–Crippen MR) is 87.7 cm³/mol. The van der Waals surface area contributed by atoms with Gasteiger partial charge in [0.15, 0.2) is 0 Å². The maximum atomic E-state index is 12.7. The Bertz CT molecular complexity index is 529. The van der Waals surface area contributed by atoms with Gasteiger partial charge in [0, 0.05) is 29.6 Å². The molecule has 1 aliphatic heterocycles. The van der Waals surface area contributed by atoms with E-state index >= 15 is 0 Å². The summed E-state index contributed by atoms with van der Waals surface area (Å²) in [5.74, 6) is 0.731. The topological polar surface area (TPSA) is 20.3 Å². The van der Waals surface area contributed by atoms with Crippen molar-refractivity contribution in [1.82, 2.24) is 0 Å². The summed E-state index contributed by atoms with van der Waals surface area (Å²) in [6.07, 6.45) is 6.32. The van der Waals surface area contributed by atoms with Crippen LogP contribution in [-0.2, 0) is 11.2 Å². The van der Waals surface area contributed by atoms with E-state index in [0.717, 1.165) is 25.7 Å². The average molecular weight is 285 g/mol. The van der Waals surface area contributed by atoms with Gasteiger partial charge in [-0.2, -0.15) is 0 Å². The SMILES string of the molecule is CC(C)(C)N1c2ccccc2CCC(=O)C2CCCCC21. The van der Waals surface area contributed by atoms with Gasteiger partial charge in [-0.25, -0.2) is 0 Å². The summed E-state index contributed by atoms with van der Waals surface area (Å²) in [6.45, 7) is 6.84. The van der Waals surface area contributed by atoms with Crippen LogP contribution in [0.4, 0.5) is 5.69 Å². The number of ketones is 1. The van der Waals surface area contributed by atoms with Gasteiger partial charge in [-0.3, -0.25) is 4.79 Å². The molecule has 0 aromatic heterocycles. The lowest BCUT2D eigenvalue weighted by atomic mass is 9.76. The van der Waals surface area contributed by atoms with Gasteiger partial charge in [0.1, 0.15) is 5.78 Å². The molecular formula is C19H27NO. The van der Waals surface area contributed by atoms with Crippen LogP contribution in [0.3, 0.4) is 0 Å². The van der Waals surface area contributed by atoms with Crippen LogP contribution in [0, 0.1) is 5.92 Å². The third kappa shape index (κ3) is 2.73. The number of rotatable bonds is 0. The van der Waals surface area contributed by atoms with Gasteiger partial charge in [0.25, 0.3) is 0 Å². The number of para-hydroxylation sites is 1. The second kappa shape index (κ2) is 5.47. The lowest BCUT2D eigenvalue weighted by Crippen LogP contribution is -2.55. The van der Waals surface area contributed by atoms with Crippen molar-refractivity contribution >= 4 is 11.5 Å². The number of hydrogen-bond donors (Lipinski definition) is 0. The molecule has 1 fully saturated rings. The van der Waals surface area contributed by atoms with E-state index in [-0.39, 0.29) is 11.5 Å². The smallest absolute Gasteiger partial charge is 0.138 e. The summed E-state index contributed by atoms with van der Waals surface area (Å²) in [5, 5.41) is 0. The first kappa shape index (κ1) is 14.6. The van der Waals surface area contributed by atoms with Crippen LogP contribution in [-0.4, -0.2) is 17.4 Å². The lowest BCUT2D eigenvalue weighted by molar-refractivity contribution is -0.124. The fourth-order valence-corrected chi connectivity index (χ4v) is 4.23. The molecule has 2 aliphatic rings. The van der Waals surface area contributed by atoms with Crippen molar-refractivity contribution < 1.29 is 4.79 Å². The molecule has 0 radical (unpaired) electrons. The molecule has 0 spiro atoms. The van der Waals surface area contributed by atoms with Crippen LogP contribution >= 0.6 is 0 Å². The molecule has 0 N–H and O–H groups in total. The maximum Gasteiger partial charge on any atom is 0.138 e. The predicted octanol–water partition coefficient (Wildman–Crippen LogP) is 4.37. The molecule has 1 aromatic carbocycles. The second-order valence-electron chi connectivity index (χ2n) is 7.59. The first-order valence-corrected chi connectivity index (χ1v) is 8.38.